The van der Waals surface area contributed by atoms with Crippen molar-refractivity contribution in [2.24, 2.45) is 0 Å². The molecule has 0 spiro atoms. The maximum atomic E-state index is 15.8. The van der Waals surface area contributed by atoms with E-state index in [0.717, 1.165) is 23.2 Å². The van der Waals surface area contributed by atoms with E-state index in [1.54, 1.807) is 24.4 Å². The lowest BCUT2D eigenvalue weighted by atomic mass is 10.1. The second-order valence-corrected chi connectivity index (χ2v) is 11.2. The number of thiazole rings is 1. The van der Waals surface area contributed by atoms with Crippen LogP contribution in [-0.2, 0) is 11.0 Å². The van der Waals surface area contributed by atoms with Crippen LogP contribution in [0.25, 0.3) is 21.8 Å². The van der Waals surface area contributed by atoms with Crippen molar-refractivity contribution < 1.29 is 17.4 Å². The smallest absolute Gasteiger partial charge is 0.223 e. The molecule has 2 aromatic heterocycles. The van der Waals surface area contributed by atoms with Crippen LogP contribution in [0.5, 0.6) is 0 Å². The Morgan fingerprint density at radius 2 is 1.89 bits per heavy atom. The fourth-order valence-corrected chi connectivity index (χ4v) is 5.70. The zero-order valence-corrected chi connectivity index (χ0v) is 23.2. The number of anilines is 2. The van der Waals surface area contributed by atoms with Crippen LogP contribution in [0, 0.1) is 17.5 Å². The summed E-state index contributed by atoms with van der Waals surface area (Å²) in [6.07, 6.45) is 3.56. The van der Waals surface area contributed by atoms with Gasteiger partial charge in [0, 0.05) is 30.8 Å². The van der Waals surface area contributed by atoms with Crippen molar-refractivity contribution in [3.05, 3.63) is 71.1 Å². The van der Waals surface area contributed by atoms with Crippen LogP contribution in [0.2, 0.25) is 0 Å². The minimum absolute atomic E-state index is 0.0809. The van der Waals surface area contributed by atoms with Gasteiger partial charge in [0.25, 0.3) is 0 Å². The maximum absolute atomic E-state index is 15.8. The molecule has 2 heterocycles. The van der Waals surface area contributed by atoms with Crippen LogP contribution in [0.1, 0.15) is 24.8 Å². The lowest BCUT2D eigenvalue weighted by Crippen LogP contribution is -2.17. The summed E-state index contributed by atoms with van der Waals surface area (Å²) in [5.74, 6) is -1.83. The number of hydrogen-bond acceptors (Lipinski definition) is 8. The van der Waals surface area contributed by atoms with Crippen molar-refractivity contribution >= 4 is 45.9 Å². The van der Waals surface area contributed by atoms with Gasteiger partial charge in [-0.05, 0) is 42.7 Å². The molecule has 0 saturated heterocycles. The standard InChI is InChI=1S/C25H25F3N6OS3/c1-14(2)24-33-22(23(37-24)19-9-10-29-25(32-19)30-11-12-31-36-3)16-5-4-6-18(21(16)28)34-38(35)20-13-15(26)7-8-17(20)27/h4-10,13-14,31,34H,11-12H2,1-3H3,(H,29,30,32). The van der Waals surface area contributed by atoms with Crippen molar-refractivity contribution in [1.29, 1.82) is 0 Å². The van der Waals surface area contributed by atoms with Crippen molar-refractivity contribution in [3.8, 4) is 21.8 Å². The fraction of sp³-hybridized carbons (Fsp3) is 0.240. The third-order valence-corrected chi connectivity index (χ3v) is 8.22. The van der Waals surface area contributed by atoms with Crippen LogP contribution in [0.3, 0.4) is 0 Å². The van der Waals surface area contributed by atoms with Gasteiger partial charge in [-0.15, -0.1) is 11.3 Å². The molecule has 0 fully saturated rings. The van der Waals surface area contributed by atoms with Crippen molar-refractivity contribution in [1.82, 2.24) is 19.7 Å². The molecular formula is C25H25F3N6OS3. The molecular weight excluding hydrogens is 554 g/mol. The quantitative estimate of drug-likeness (QED) is 0.144. The first-order valence-electron chi connectivity index (χ1n) is 11.5. The van der Waals surface area contributed by atoms with Crippen molar-refractivity contribution in [2.45, 2.75) is 24.7 Å². The molecule has 4 rings (SSSR count). The number of rotatable bonds is 11. The maximum Gasteiger partial charge on any atom is 0.223 e. The molecule has 1 unspecified atom stereocenters. The van der Waals surface area contributed by atoms with Crippen LogP contribution >= 0.6 is 23.3 Å². The summed E-state index contributed by atoms with van der Waals surface area (Å²) in [7, 11) is -2.24. The van der Waals surface area contributed by atoms with E-state index in [4.69, 9.17) is 4.98 Å². The Kier molecular flexibility index (Phi) is 9.36. The molecule has 1 atom stereocenters. The molecule has 38 heavy (non-hydrogen) atoms. The van der Waals surface area contributed by atoms with Gasteiger partial charge in [0.1, 0.15) is 11.6 Å². The van der Waals surface area contributed by atoms with Gasteiger partial charge in [-0.3, -0.25) is 9.44 Å². The van der Waals surface area contributed by atoms with Gasteiger partial charge in [0.2, 0.25) is 5.95 Å². The van der Waals surface area contributed by atoms with Crippen LogP contribution in [0.4, 0.5) is 24.8 Å². The zero-order valence-electron chi connectivity index (χ0n) is 20.7. The second-order valence-electron chi connectivity index (χ2n) is 8.29. The van der Waals surface area contributed by atoms with E-state index in [1.165, 1.54) is 29.4 Å². The molecule has 0 aliphatic carbocycles. The highest BCUT2D eigenvalue weighted by atomic mass is 32.2. The molecule has 0 bridgehead atoms. The highest BCUT2D eigenvalue weighted by Crippen LogP contribution is 2.40. The molecule has 200 valence electrons. The predicted molar refractivity (Wildman–Crippen MR) is 149 cm³/mol. The van der Waals surface area contributed by atoms with E-state index < -0.39 is 33.3 Å². The van der Waals surface area contributed by atoms with Gasteiger partial charge in [0.15, 0.2) is 16.8 Å². The van der Waals surface area contributed by atoms with Gasteiger partial charge in [-0.1, -0.05) is 31.9 Å². The Hall–Kier alpha value is -3.00. The molecule has 0 aliphatic rings. The van der Waals surface area contributed by atoms with Crippen molar-refractivity contribution in [3.63, 3.8) is 0 Å². The summed E-state index contributed by atoms with van der Waals surface area (Å²) in [4.78, 5) is 13.8. The topological polar surface area (TPSA) is 91.8 Å². The summed E-state index contributed by atoms with van der Waals surface area (Å²) >= 11 is 2.92. The minimum Gasteiger partial charge on any atom is -0.353 e. The zero-order chi connectivity index (χ0) is 27.2. The molecule has 13 heteroatoms. The highest BCUT2D eigenvalue weighted by molar-refractivity contribution is 7.96. The van der Waals surface area contributed by atoms with Gasteiger partial charge in [-0.25, -0.2) is 32.3 Å². The van der Waals surface area contributed by atoms with E-state index in [0.29, 0.717) is 35.3 Å². The average molecular weight is 579 g/mol. The number of nitrogens with one attached hydrogen (secondary N) is 3. The van der Waals surface area contributed by atoms with E-state index in [1.807, 2.05) is 20.1 Å². The molecule has 0 radical (unpaired) electrons. The van der Waals surface area contributed by atoms with Crippen molar-refractivity contribution in [2.75, 3.05) is 29.4 Å². The molecule has 2 aromatic carbocycles. The first kappa shape index (κ1) is 28.0. The van der Waals surface area contributed by atoms with Gasteiger partial charge in [-0.2, -0.15) is 0 Å². The molecule has 0 amide bonds. The van der Waals surface area contributed by atoms with Crippen LogP contribution in [0.15, 0.2) is 53.6 Å². The number of halogens is 3. The summed E-state index contributed by atoms with van der Waals surface area (Å²) in [6, 6.07) is 8.84. The minimum atomic E-state index is -2.24. The summed E-state index contributed by atoms with van der Waals surface area (Å²) in [5, 5.41) is 3.94. The average Bonchev–Trinajstić information content (AvgIpc) is 3.35. The Morgan fingerprint density at radius 3 is 2.66 bits per heavy atom. The second kappa shape index (κ2) is 12.7. The van der Waals surface area contributed by atoms with Gasteiger partial charge >= 0.3 is 0 Å². The third kappa shape index (κ3) is 6.52. The summed E-state index contributed by atoms with van der Waals surface area (Å²) in [5.41, 5.74) is 0.960. The number of hydrogen-bond donors (Lipinski definition) is 3. The van der Waals surface area contributed by atoms with E-state index >= 15 is 4.39 Å². The normalized spacial score (nSPS) is 12.1. The Balaban J connectivity index is 1.70. The molecule has 3 N–H and O–H groups in total. The Morgan fingerprint density at radius 1 is 1.08 bits per heavy atom. The number of benzene rings is 2. The van der Waals surface area contributed by atoms with Crippen LogP contribution < -0.4 is 14.8 Å². The van der Waals surface area contributed by atoms with E-state index in [9.17, 15) is 13.0 Å². The van der Waals surface area contributed by atoms with Crippen LogP contribution in [-0.4, -0.2) is 38.5 Å². The molecule has 0 aliphatic heterocycles. The monoisotopic (exact) mass is 578 g/mol. The van der Waals surface area contributed by atoms with Gasteiger partial charge in [0.05, 0.1) is 31.9 Å². The first-order chi connectivity index (χ1) is 18.3. The third-order valence-electron chi connectivity index (χ3n) is 5.23. The SMILES string of the molecule is CSNCCNc1nccc(-c2sc(C(C)C)nc2-c2cccc(NS(=O)c3cc(F)ccc3F)c2F)n1. The number of nitrogens with zero attached hydrogens (tertiary/aromatic N) is 3. The van der Waals surface area contributed by atoms with E-state index in [2.05, 4.69) is 24.7 Å². The summed E-state index contributed by atoms with van der Waals surface area (Å²) < 4.78 is 61.8. The Labute approximate surface area is 229 Å². The lowest BCUT2D eigenvalue weighted by Gasteiger charge is -2.11. The van der Waals surface area contributed by atoms with E-state index in [-0.39, 0.29) is 17.2 Å². The number of aromatic nitrogens is 3. The molecule has 7 nitrogen and oxygen atoms in total. The lowest BCUT2D eigenvalue weighted by molar-refractivity contribution is 0.572. The summed E-state index contributed by atoms with van der Waals surface area (Å²) in [6.45, 7) is 5.30. The molecule has 0 saturated carbocycles. The largest absolute Gasteiger partial charge is 0.353 e. The highest BCUT2D eigenvalue weighted by Gasteiger charge is 2.23. The molecule has 4 aromatic rings. The predicted octanol–water partition coefficient (Wildman–Crippen LogP) is 6.22. The first-order valence-corrected chi connectivity index (χ1v) is 14.7. The van der Waals surface area contributed by atoms with Gasteiger partial charge < -0.3 is 5.32 Å². The Bertz CT molecular complexity index is 1450. The fourth-order valence-electron chi connectivity index (χ4n) is 3.41.